The number of phosphoric ester groups is 1. The standard InChI is InChI=1S/C22H23ClN5O11P/c1-12(29)36-18-19(37-13(2)30)22(26-27-24,38-20(18)28-8-6-17(31)25-21(28)32)11-35-40(33)34-9-7-16(39-40)14-4-3-5-15(23)10-14/h3-6,8,10,16,18-20H,7,9,11H2,1-2H3,(H,25,31,32)/t16-,18+,19-,20+,22+,40+/m0/s1. The van der Waals surface area contributed by atoms with Crippen LogP contribution >= 0.6 is 19.4 Å². The van der Waals surface area contributed by atoms with Crippen LogP contribution in [0.2, 0.25) is 5.02 Å². The number of benzene rings is 1. The number of hydrogen-bond donors (Lipinski definition) is 1. The van der Waals surface area contributed by atoms with E-state index in [1.165, 1.54) is 0 Å². The Hall–Kier alpha value is -3.49. The summed E-state index contributed by atoms with van der Waals surface area (Å²) in [5.41, 5.74) is 5.93. The van der Waals surface area contributed by atoms with Gasteiger partial charge in [0.2, 0.25) is 5.72 Å². The van der Waals surface area contributed by atoms with Crippen molar-refractivity contribution in [2.45, 2.75) is 50.5 Å². The lowest BCUT2D eigenvalue weighted by Gasteiger charge is -2.33. The summed E-state index contributed by atoms with van der Waals surface area (Å²) in [4.78, 5) is 52.9. The summed E-state index contributed by atoms with van der Waals surface area (Å²) in [6, 6.07) is 7.65. The first-order valence-electron chi connectivity index (χ1n) is 11.7. The van der Waals surface area contributed by atoms with Crippen molar-refractivity contribution < 1.29 is 41.9 Å². The van der Waals surface area contributed by atoms with E-state index in [0.717, 1.165) is 30.7 Å². The number of carbonyl (C=O) groups excluding carboxylic acids is 2. The summed E-state index contributed by atoms with van der Waals surface area (Å²) in [6.45, 7) is 1.13. The number of halogens is 1. The van der Waals surface area contributed by atoms with E-state index < -0.39 is 67.9 Å². The molecule has 0 bridgehead atoms. The number of nitrogens with one attached hydrogen (secondary N) is 1. The normalized spacial score (nSPS) is 29.8. The maximum atomic E-state index is 13.5. The van der Waals surface area contributed by atoms with Crippen LogP contribution in [0.3, 0.4) is 0 Å². The van der Waals surface area contributed by atoms with E-state index in [-0.39, 0.29) is 6.61 Å². The third-order valence-electron chi connectivity index (χ3n) is 5.82. The smallest absolute Gasteiger partial charge is 0.455 e. The summed E-state index contributed by atoms with van der Waals surface area (Å²) in [6.07, 6.45) is -4.29. The summed E-state index contributed by atoms with van der Waals surface area (Å²) in [7, 11) is -4.36. The van der Waals surface area contributed by atoms with Gasteiger partial charge < -0.3 is 14.2 Å². The zero-order valence-electron chi connectivity index (χ0n) is 21.0. The number of azide groups is 1. The predicted octanol–water partition coefficient (Wildman–Crippen LogP) is 2.89. The molecule has 0 spiro atoms. The van der Waals surface area contributed by atoms with Crippen molar-refractivity contribution in [3.8, 4) is 0 Å². The number of hydrogen-bond acceptors (Lipinski definition) is 12. The van der Waals surface area contributed by atoms with Crippen LogP contribution in [0.15, 0.2) is 51.2 Å². The van der Waals surface area contributed by atoms with Crippen molar-refractivity contribution in [3.63, 3.8) is 0 Å². The highest BCUT2D eigenvalue weighted by Gasteiger charge is 2.61. The molecular weight excluding hydrogens is 577 g/mol. The molecule has 16 nitrogen and oxygen atoms in total. The maximum absolute atomic E-state index is 13.5. The molecule has 0 radical (unpaired) electrons. The van der Waals surface area contributed by atoms with Gasteiger partial charge in [-0.3, -0.25) is 37.5 Å². The second-order valence-corrected chi connectivity index (χ2v) is 10.7. The molecule has 2 aliphatic heterocycles. The first-order chi connectivity index (χ1) is 18.9. The number of rotatable bonds is 8. The van der Waals surface area contributed by atoms with Crippen molar-refractivity contribution in [2.75, 3.05) is 13.2 Å². The molecule has 3 heterocycles. The quantitative estimate of drug-likeness (QED) is 0.153. The van der Waals surface area contributed by atoms with Crippen LogP contribution < -0.4 is 11.2 Å². The molecule has 0 aliphatic carbocycles. The van der Waals surface area contributed by atoms with Gasteiger partial charge in [0.25, 0.3) is 5.56 Å². The molecule has 0 saturated carbocycles. The second-order valence-electron chi connectivity index (χ2n) is 8.66. The summed E-state index contributed by atoms with van der Waals surface area (Å²) in [5, 5.41) is 4.03. The second kappa shape index (κ2) is 11.9. The molecule has 1 aromatic heterocycles. The number of nitrogens with zero attached hydrogens (tertiary/aromatic N) is 4. The fourth-order valence-electron chi connectivity index (χ4n) is 4.23. The highest BCUT2D eigenvalue weighted by molar-refractivity contribution is 7.48. The van der Waals surface area contributed by atoms with E-state index in [9.17, 15) is 29.3 Å². The lowest BCUT2D eigenvalue weighted by molar-refractivity contribution is -0.170. The van der Waals surface area contributed by atoms with Gasteiger partial charge in [-0.15, -0.1) is 0 Å². The fraction of sp³-hybridized carbons (Fsp3) is 0.455. The lowest BCUT2D eigenvalue weighted by atomic mass is 10.1. The van der Waals surface area contributed by atoms with Crippen LogP contribution in [0.4, 0.5) is 0 Å². The SMILES string of the molecule is CC(=O)O[C@H]1[C@H](n2ccc(=O)[nH]c2=O)O[C@@](CO[P@@]2(=O)OCC[C@@H](c3cccc(Cl)c3)O2)(N=[N+]=[N-])[C@H]1OC(C)=O. The molecule has 1 N–H and O–H groups in total. The molecule has 6 atom stereocenters. The monoisotopic (exact) mass is 599 g/mol. The molecule has 1 aromatic carbocycles. The van der Waals surface area contributed by atoms with E-state index >= 15 is 0 Å². The van der Waals surface area contributed by atoms with Crippen molar-refractivity contribution in [1.29, 1.82) is 0 Å². The molecule has 0 unspecified atom stereocenters. The number of aromatic nitrogens is 2. The van der Waals surface area contributed by atoms with Crippen LogP contribution in [0.25, 0.3) is 10.4 Å². The molecule has 2 aromatic rings. The van der Waals surface area contributed by atoms with Crippen LogP contribution in [0.1, 0.15) is 38.2 Å². The van der Waals surface area contributed by atoms with Crippen LogP contribution in [0, 0.1) is 0 Å². The van der Waals surface area contributed by atoms with E-state index in [1.807, 2.05) is 4.98 Å². The number of carbonyl (C=O) groups is 2. The van der Waals surface area contributed by atoms with Gasteiger partial charge in [0, 0.05) is 42.5 Å². The Morgan fingerprint density at radius 1 is 1.27 bits per heavy atom. The van der Waals surface area contributed by atoms with Gasteiger partial charge in [0.05, 0.1) is 19.3 Å². The van der Waals surface area contributed by atoms with E-state index in [2.05, 4.69) is 10.0 Å². The molecule has 40 heavy (non-hydrogen) atoms. The van der Waals surface area contributed by atoms with Gasteiger partial charge in [0.1, 0.15) is 0 Å². The highest BCUT2D eigenvalue weighted by Crippen LogP contribution is 2.58. The average molecular weight is 600 g/mol. The summed E-state index contributed by atoms with van der Waals surface area (Å²) >= 11 is 6.06. The Morgan fingerprint density at radius 3 is 2.67 bits per heavy atom. The lowest BCUT2D eigenvalue weighted by Crippen LogP contribution is -2.48. The van der Waals surface area contributed by atoms with E-state index in [1.54, 1.807) is 24.3 Å². The number of esters is 2. The Balaban J connectivity index is 1.70. The molecule has 18 heteroatoms. The Labute approximate surface area is 230 Å². The van der Waals surface area contributed by atoms with Gasteiger partial charge >= 0.3 is 25.5 Å². The molecule has 4 rings (SSSR count). The highest BCUT2D eigenvalue weighted by atomic mass is 35.5. The first-order valence-corrected chi connectivity index (χ1v) is 13.5. The number of phosphoric acid groups is 1. The third kappa shape index (κ3) is 6.45. The van der Waals surface area contributed by atoms with E-state index in [4.69, 9.17) is 39.4 Å². The molecular formula is C22H23ClN5O11P. The number of aromatic amines is 1. The number of ether oxygens (including phenoxy) is 3. The van der Waals surface area contributed by atoms with Gasteiger partial charge in [0.15, 0.2) is 18.4 Å². The largest absolute Gasteiger partial charge is 0.475 e. The Kier molecular flexibility index (Phi) is 8.80. The molecule has 2 saturated heterocycles. The van der Waals surface area contributed by atoms with Gasteiger partial charge in [-0.05, 0) is 23.2 Å². The van der Waals surface area contributed by atoms with Crippen molar-refractivity contribution >= 4 is 31.4 Å². The summed E-state index contributed by atoms with van der Waals surface area (Å²) in [5.74, 6) is -1.78. The average Bonchev–Trinajstić information content (AvgIpc) is 3.15. The molecule has 0 amide bonds. The van der Waals surface area contributed by atoms with Gasteiger partial charge in [-0.2, -0.15) is 0 Å². The third-order valence-corrected chi connectivity index (χ3v) is 7.51. The minimum absolute atomic E-state index is 0.0390. The van der Waals surface area contributed by atoms with E-state index in [0.29, 0.717) is 17.0 Å². The van der Waals surface area contributed by atoms with Crippen molar-refractivity contribution in [2.24, 2.45) is 5.11 Å². The Morgan fingerprint density at radius 2 is 2.02 bits per heavy atom. The first kappa shape index (κ1) is 29.5. The fourth-order valence-corrected chi connectivity index (χ4v) is 5.83. The zero-order chi connectivity index (χ0) is 29.1. The van der Waals surface area contributed by atoms with Crippen LogP contribution in [-0.4, -0.2) is 52.6 Å². The minimum Gasteiger partial charge on any atom is -0.455 e. The van der Waals surface area contributed by atoms with Crippen molar-refractivity contribution in [1.82, 2.24) is 9.55 Å². The topological polar surface area (TPSA) is 210 Å². The maximum Gasteiger partial charge on any atom is 0.475 e. The van der Waals surface area contributed by atoms with Crippen LogP contribution in [-0.2, 0) is 41.9 Å². The molecule has 2 fully saturated rings. The minimum atomic E-state index is -4.36. The van der Waals surface area contributed by atoms with Crippen LogP contribution in [0.5, 0.6) is 0 Å². The Bertz CT molecular complexity index is 1510. The predicted molar refractivity (Wildman–Crippen MR) is 134 cm³/mol. The van der Waals surface area contributed by atoms with Gasteiger partial charge in [-0.25, -0.2) is 9.36 Å². The summed E-state index contributed by atoms with van der Waals surface area (Å²) < 4.78 is 47.2. The molecule has 2 aliphatic rings. The number of H-pyrrole nitrogens is 1. The van der Waals surface area contributed by atoms with Gasteiger partial charge in [-0.1, -0.05) is 28.8 Å². The van der Waals surface area contributed by atoms with Crippen molar-refractivity contribution in [3.05, 3.63) is 78.4 Å². The zero-order valence-corrected chi connectivity index (χ0v) is 22.6. The molecule has 214 valence electrons.